The summed E-state index contributed by atoms with van der Waals surface area (Å²) in [6.07, 6.45) is 1.54. The van der Waals surface area contributed by atoms with Crippen LogP contribution in [0.4, 0.5) is 5.82 Å². The zero-order chi connectivity index (χ0) is 22.4. The fourth-order valence-corrected chi connectivity index (χ4v) is 3.43. The maximum Gasteiger partial charge on any atom is 0.303 e. The minimum Gasteiger partial charge on any atom is -0.456 e. The molecule has 2 aromatic carbocycles. The first-order valence-electron chi connectivity index (χ1n) is 9.97. The molecule has 1 aromatic heterocycles. The highest BCUT2D eigenvalue weighted by Crippen LogP contribution is 2.28. The topological polar surface area (TPSA) is 81.2 Å². The molecule has 3 aromatic rings. The smallest absolute Gasteiger partial charge is 0.303 e. The molecular weight excluding hydrogens is 414 g/mol. The fourth-order valence-electron chi connectivity index (χ4n) is 3.11. The Morgan fingerprint density at radius 1 is 1.03 bits per heavy atom. The SMILES string of the molecule is CC(=O)OC(C)c1ncnc(NCCc2ccc(C(=O)c3ccc(C)cc3)cc2)c1Cl. The van der Waals surface area contributed by atoms with E-state index in [1.165, 1.54) is 13.3 Å². The molecule has 0 amide bonds. The maximum absolute atomic E-state index is 12.6. The lowest BCUT2D eigenvalue weighted by molar-refractivity contribution is -0.145. The van der Waals surface area contributed by atoms with Gasteiger partial charge in [-0.3, -0.25) is 9.59 Å². The van der Waals surface area contributed by atoms with Gasteiger partial charge in [0.2, 0.25) is 0 Å². The molecule has 1 unspecified atom stereocenters. The Hall–Kier alpha value is -3.25. The standard InChI is InChI=1S/C24H24ClN3O3/c1-15-4-8-19(9-5-15)23(30)20-10-6-18(7-11-20)12-13-26-24-21(25)22(27-14-28-24)16(2)31-17(3)29/h4-11,14,16H,12-13H2,1-3H3,(H,26,27,28). The number of ether oxygens (including phenoxy) is 1. The Morgan fingerprint density at radius 2 is 1.65 bits per heavy atom. The van der Waals surface area contributed by atoms with Gasteiger partial charge < -0.3 is 10.1 Å². The largest absolute Gasteiger partial charge is 0.456 e. The summed E-state index contributed by atoms with van der Waals surface area (Å²) < 4.78 is 5.15. The summed E-state index contributed by atoms with van der Waals surface area (Å²) in [6.45, 7) is 5.62. The van der Waals surface area contributed by atoms with Gasteiger partial charge in [-0.25, -0.2) is 9.97 Å². The number of carbonyl (C=O) groups is 2. The van der Waals surface area contributed by atoms with Crippen molar-refractivity contribution in [3.63, 3.8) is 0 Å². The van der Waals surface area contributed by atoms with E-state index in [1.807, 2.05) is 55.5 Å². The lowest BCUT2D eigenvalue weighted by Gasteiger charge is -2.15. The number of carbonyl (C=O) groups excluding carboxylic acids is 2. The van der Waals surface area contributed by atoms with Gasteiger partial charge in [-0.2, -0.15) is 0 Å². The minimum atomic E-state index is -0.563. The number of rotatable bonds is 8. The van der Waals surface area contributed by atoms with Crippen molar-refractivity contribution in [3.8, 4) is 0 Å². The summed E-state index contributed by atoms with van der Waals surface area (Å²) in [7, 11) is 0. The zero-order valence-electron chi connectivity index (χ0n) is 17.7. The van der Waals surface area contributed by atoms with Gasteiger partial charge in [0.1, 0.15) is 29.0 Å². The first kappa shape index (κ1) is 22.4. The number of nitrogens with zero attached hydrogens (tertiary/aromatic N) is 2. The monoisotopic (exact) mass is 437 g/mol. The van der Waals surface area contributed by atoms with Crippen molar-refractivity contribution in [2.75, 3.05) is 11.9 Å². The van der Waals surface area contributed by atoms with Crippen LogP contribution in [0.15, 0.2) is 54.9 Å². The number of anilines is 1. The van der Waals surface area contributed by atoms with E-state index in [0.717, 1.165) is 11.1 Å². The highest BCUT2D eigenvalue weighted by Gasteiger charge is 2.17. The van der Waals surface area contributed by atoms with E-state index in [0.29, 0.717) is 40.6 Å². The third-order valence-electron chi connectivity index (χ3n) is 4.78. The number of halogens is 1. The maximum atomic E-state index is 12.6. The van der Waals surface area contributed by atoms with Gasteiger partial charge in [0.05, 0.1) is 0 Å². The number of aromatic nitrogens is 2. The van der Waals surface area contributed by atoms with Gasteiger partial charge in [-0.1, -0.05) is 65.7 Å². The lowest BCUT2D eigenvalue weighted by Crippen LogP contribution is -2.11. The molecule has 0 aliphatic rings. The number of benzene rings is 2. The van der Waals surface area contributed by atoms with Crippen LogP contribution in [0.5, 0.6) is 0 Å². The van der Waals surface area contributed by atoms with Crippen molar-refractivity contribution >= 4 is 29.2 Å². The second-order valence-electron chi connectivity index (χ2n) is 7.24. The first-order chi connectivity index (χ1) is 14.8. The van der Waals surface area contributed by atoms with Crippen molar-refractivity contribution in [1.82, 2.24) is 9.97 Å². The third kappa shape index (κ3) is 5.89. The predicted molar refractivity (Wildman–Crippen MR) is 120 cm³/mol. The average molecular weight is 438 g/mol. The quantitative estimate of drug-likeness (QED) is 0.396. The van der Waals surface area contributed by atoms with Crippen molar-refractivity contribution in [2.45, 2.75) is 33.3 Å². The second kappa shape index (κ2) is 10.2. The van der Waals surface area contributed by atoms with Crippen LogP contribution in [0.3, 0.4) is 0 Å². The van der Waals surface area contributed by atoms with E-state index in [9.17, 15) is 9.59 Å². The van der Waals surface area contributed by atoms with Crippen LogP contribution in [0.2, 0.25) is 5.02 Å². The summed E-state index contributed by atoms with van der Waals surface area (Å²) in [5.41, 5.74) is 3.98. The van der Waals surface area contributed by atoms with E-state index in [-0.39, 0.29) is 5.78 Å². The highest BCUT2D eigenvalue weighted by molar-refractivity contribution is 6.33. The zero-order valence-corrected chi connectivity index (χ0v) is 18.4. The number of esters is 1. The molecule has 0 fully saturated rings. The number of aryl methyl sites for hydroxylation is 1. The highest BCUT2D eigenvalue weighted by atomic mass is 35.5. The number of hydrogen-bond donors (Lipinski definition) is 1. The molecule has 1 heterocycles. The average Bonchev–Trinajstić information content (AvgIpc) is 2.75. The normalized spacial score (nSPS) is 11.6. The van der Waals surface area contributed by atoms with Gasteiger partial charge >= 0.3 is 5.97 Å². The van der Waals surface area contributed by atoms with E-state index < -0.39 is 12.1 Å². The summed E-state index contributed by atoms with van der Waals surface area (Å²) in [5, 5.41) is 3.52. The molecule has 7 heteroatoms. The molecule has 31 heavy (non-hydrogen) atoms. The number of ketones is 1. The summed E-state index contributed by atoms with van der Waals surface area (Å²) in [6, 6.07) is 15.1. The molecule has 160 valence electrons. The lowest BCUT2D eigenvalue weighted by atomic mass is 10.0. The van der Waals surface area contributed by atoms with E-state index in [4.69, 9.17) is 16.3 Å². The van der Waals surface area contributed by atoms with Crippen LogP contribution in [-0.4, -0.2) is 28.3 Å². The molecule has 0 bridgehead atoms. The van der Waals surface area contributed by atoms with Crippen LogP contribution in [0, 0.1) is 6.92 Å². The van der Waals surface area contributed by atoms with E-state index in [2.05, 4.69) is 15.3 Å². The van der Waals surface area contributed by atoms with E-state index in [1.54, 1.807) is 6.92 Å². The first-order valence-corrected chi connectivity index (χ1v) is 10.3. The fraction of sp³-hybridized carbons (Fsp3) is 0.250. The molecule has 3 rings (SSSR count). The second-order valence-corrected chi connectivity index (χ2v) is 7.62. The van der Waals surface area contributed by atoms with Gasteiger partial charge in [-0.15, -0.1) is 0 Å². The van der Waals surface area contributed by atoms with Crippen molar-refractivity contribution in [3.05, 3.63) is 87.8 Å². The Balaban J connectivity index is 1.59. The third-order valence-corrected chi connectivity index (χ3v) is 5.15. The Morgan fingerprint density at radius 3 is 2.26 bits per heavy atom. The molecule has 0 spiro atoms. The van der Waals surface area contributed by atoms with Gasteiger partial charge in [0.25, 0.3) is 0 Å². The van der Waals surface area contributed by atoms with Gasteiger partial charge in [0, 0.05) is 24.6 Å². The Kier molecular flexibility index (Phi) is 7.36. The van der Waals surface area contributed by atoms with Crippen LogP contribution in [0.25, 0.3) is 0 Å². The molecule has 0 aliphatic heterocycles. The minimum absolute atomic E-state index is 0.00636. The molecule has 0 saturated heterocycles. The molecule has 0 saturated carbocycles. The van der Waals surface area contributed by atoms with Crippen LogP contribution in [0.1, 0.15) is 52.7 Å². The van der Waals surface area contributed by atoms with Crippen molar-refractivity contribution in [2.24, 2.45) is 0 Å². The summed E-state index contributed by atoms with van der Waals surface area (Å²) >= 11 is 6.38. The molecular formula is C24H24ClN3O3. The summed E-state index contributed by atoms with van der Waals surface area (Å²) in [5.74, 6) is 0.0877. The molecule has 0 aliphatic carbocycles. The molecule has 1 atom stereocenters. The predicted octanol–water partition coefficient (Wildman–Crippen LogP) is 4.95. The number of nitrogens with one attached hydrogen (secondary N) is 1. The van der Waals surface area contributed by atoms with Gasteiger partial charge in [-0.05, 0) is 25.8 Å². The number of hydrogen-bond acceptors (Lipinski definition) is 6. The van der Waals surface area contributed by atoms with Crippen molar-refractivity contribution < 1.29 is 14.3 Å². The van der Waals surface area contributed by atoms with E-state index >= 15 is 0 Å². The molecule has 1 N–H and O–H groups in total. The summed E-state index contributed by atoms with van der Waals surface area (Å²) in [4.78, 5) is 32.0. The Bertz CT molecular complexity index is 1070. The van der Waals surface area contributed by atoms with Crippen LogP contribution < -0.4 is 5.32 Å². The van der Waals surface area contributed by atoms with Gasteiger partial charge in [0.15, 0.2) is 5.78 Å². The van der Waals surface area contributed by atoms with Crippen LogP contribution >= 0.6 is 11.6 Å². The van der Waals surface area contributed by atoms with Crippen LogP contribution in [-0.2, 0) is 16.0 Å². The molecule has 0 radical (unpaired) electrons. The Labute approximate surface area is 186 Å². The molecule has 6 nitrogen and oxygen atoms in total. The van der Waals surface area contributed by atoms with Crippen molar-refractivity contribution in [1.29, 1.82) is 0 Å².